The molecule has 1 aliphatic carbocycles. The molecular formula is C38H47F3N10O5. The largest absolute Gasteiger partial charge is 0.465 e. The molecule has 15 nitrogen and oxygen atoms in total. The summed E-state index contributed by atoms with van der Waals surface area (Å²) in [6.07, 6.45) is -0.156. The summed E-state index contributed by atoms with van der Waals surface area (Å²) in [5, 5.41) is 28.0. The molecule has 0 unspecified atom stereocenters. The summed E-state index contributed by atoms with van der Waals surface area (Å²) < 4.78 is 49.3. The minimum absolute atomic E-state index is 0.0367. The summed E-state index contributed by atoms with van der Waals surface area (Å²) in [7, 11) is 1.71. The molecule has 0 atom stereocenters. The highest BCUT2D eigenvalue weighted by Crippen LogP contribution is 2.35. The molecule has 2 fully saturated rings. The van der Waals surface area contributed by atoms with E-state index in [1.54, 1.807) is 24.0 Å². The van der Waals surface area contributed by atoms with Crippen molar-refractivity contribution in [2.24, 2.45) is 7.05 Å². The molecule has 6 rings (SSSR count). The van der Waals surface area contributed by atoms with Crippen LogP contribution in [0.25, 0.3) is 22.2 Å². The van der Waals surface area contributed by atoms with Gasteiger partial charge in [0.05, 0.1) is 16.8 Å². The van der Waals surface area contributed by atoms with Crippen LogP contribution in [0.2, 0.25) is 0 Å². The van der Waals surface area contributed by atoms with Gasteiger partial charge in [-0.2, -0.15) is 18.3 Å². The molecule has 1 saturated carbocycles. The van der Waals surface area contributed by atoms with Crippen LogP contribution in [-0.4, -0.2) is 84.8 Å². The molecule has 0 bridgehead atoms. The van der Waals surface area contributed by atoms with Crippen LogP contribution < -0.4 is 26.6 Å². The number of hydrogen-bond acceptors (Lipinski definition) is 9. The highest BCUT2D eigenvalue weighted by Gasteiger charge is 2.35. The zero-order chi connectivity index (χ0) is 40.2. The number of likely N-dealkylation sites (tertiary alicyclic amines) is 1. The van der Waals surface area contributed by atoms with E-state index in [9.17, 15) is 27.6 Å². The molecule has 4 amide bonds. The molecule has 18 heteroatoms. The lowest BCUT2D eigenvalue weighted by Gasteiger charge is -2.32. The van der Waals surface area contributed by atoms with Crippen LogP contribution in [0.15, 0.2) is 48.7 Å². The van der Waals surface area contributed by atoms with E-state index in [2.05, 4.69) is 36.7 Å². The quantitative estimate of drug-likeness (QED) is 0.102. The number of halogens is 3. The molecular weight excluding hydrogens is 733 g/mol. The average Bonchev–Trinajstić information content (AvgIpc) is 3.48. The van der Waals surface area contributed by atoms with Crippen LogP contribution in [-0.2, 0) is 24.5 Å². The van der Waals surface area contributed by atoms with Gasteiger partial charge in [0, 0.05) is 73.7 Å². The molecule has 1 aliphatic heterocycles. The van der Waals surface area contributed by atoms with Crippen molar-refractivity contribution < 1.29 is 37.4 Å². The third-order valence-corrected chi connectivity index (χ3v) is 9.76. The number of amides is 4. The van der Waals surface area contributed by atoms with E-state index in [1.807, 2.05) is 43.9 Å². The lowest BCUT2D eigenvalue weighted by atomic mass is 9.91. The highest BCUT2D eigenvalue weighted by molar-refractivity contribution is 5.99. The van der Waals surface area contributed by atoms with Crippen LogP contribution in [0, 0.1) is 0 Å². The first-order valence-electron chi connectivity index (χ1n) is 18.5. The van der Waals surface area contributed by atoms with Gasteiger partial charge in [0.15, 0.2) is 5.82 Å². The van der Waals surface area contributed by atoms with Crippen molar-refractivity contribution in [1.82, 2.24) is 35.3 Å². The molecule has 2 aromatic carbocycles. The molecule has 6 N–H and O–H groups in total. The van der Waals surface area contributed by atoms with Crippen molar-refractivity contribution in [3.63, 3.8) is 0 Å². The molecule has 4 aromatic rings. The number of nitrogens with one attached hydrogen (secondary N) is 5. The second kappa shape index (κ2) is 16.6. The molecule has 56 heavy (non-hydrogen) atoms. The third-order valence-electron chi connectivity index (χ3n) is 9.76. The van der Waals surface area contributed by atoms with Crippen LogP contribution in [0.5, 0.6) is 0 Å². The van der Waals surface area contributed by atoms with Crippen molar-refractivity contribution >= 4 is 46.6 Å². The number of benzene rings is 2. The minimum Gasteiger partial charge on any atom is -0.465 e. The normalized spacial score (nSPS) is 18.3. The first-order chi connectivity index (χ1) is 26.5. The lowest BCUT2D eigenvalue weighted by molar-refractivity contribution is -0.138. The van der Waals surface area contributed by atoms with Gasteiger partial charge in [0.2, 0.25) is 5.95 Å². The molecule has 3 heterocycles. The number of hydrogen-bond donors (Lipinski definition) is 6. The Bertz CT molecular complexity index is 2050. The van der Waals surface area contributed by atoms with Gasteiger partial charge in [-0.1, -0.05) is 12.1 Å². The summed E-state index contributed by atoms with van der Waals surface area (Å²) >= 11 is 0. The van der Waals surface area contributed by atoms with Crippen LogP contribution >= 0.6 is 0 Å². The van der Waals surface area contributed by atoms with E-state index in [0.29, 0.717) is 37.6 Å². The van der Waals surface area contributed by atoms with Gasteiger partial charge in [0.1, 0.15) is 5.60 Å². The maximum atomic E-state index is 14.1. The SMILES string of the molecule is Cn1nc(NC(=O)Nc2ccc(CN3CCC(NC(=O)O)CC3)c(C(F)(F)F)c2)cc1-c1ccc2nc(N[C@H]3CC[C@H](NC(=O)OC(C)(C)C)CC3)ncc2c1. The zero-order valence-electron chi connectivity index (χ0n) is 31.7. The Morgan fingerprint density at radius 3 is 2.27 bits per heavy atom. The summed E-state index contributed by atoms with van der Waals surface area (Å²) in [4.78, 5) is 47.0. The number of rotatable bonds is 9. The molecule has 2 aromatic heterocycles. The Labute approximate surface area is 321 Å². The number of nitrogens with zero attached hydrogens (tertiary/aromatic N) is 5. The molecule has 300 valence electrons. The number of piperidine rings is 1. The van der Waals surface area contributed by atoms with E-state index >= 15 is 0 Å². The van der Waals surface area contributed by atoms with Crippen LogP contribution in [0.1, 0.15) is 70.4 Å². The predicted molar refractivity (Wildman–Crippen MR) is 204 cm³/mol. The average molecular weight is 781 g/mol. The smallest absolute Gasteiger partial charge is 0.416 e. The van der Waals surface area contributed by atoms with Crippen molar-refractivity contribution in [3.8, 4) is 11.3 Å². The van der Waals surface area contributed by atoms with E-state index < -0.39 is 35.6 Å². The Morgan fingerprint density at radius 1 is 0.893 bits per heavy atom. The number of alkyl carbamates (subject to hydrolysis) is 1. The van der Waals surface area contributed by atoms with Crippen LogP contribution in [0.4, 0.5) is 45.0 Å². The van der Waals surface area contributed by atoms with Gasteiger partial charge in [-0.05, 0) is 89.1 Å². The first kappa shape index (κ1) is 40.0. The summed E-state index contributed by atoms with van der Waals surface area (Å²) in [6.45, 7) is 6.44. The molecule has 1 saturated heterocycles. The lowest BCUT2D eigenvalue weighted by Crippen LogP contribution is -2.44. The number of aryl methyl sites for hydroxylation is 1. The second-order valence-corrected chi connectivity index (χ2v) is 15.3. The highest BCUT2D eigenvalue weighted by atomic mass is 19.4. The van der Waals surface area contributed by atoms with Gasteiger partial charge in [-0.25, -0.2) is 24.4 Å². The number of anilines is 3. The fourth-order valence-corrected chi connectivity index (χ4v) is 7.09. The molecule has 0 radical (unpaired) electrons. The van der Waals surface area contributed by atoms with Gasteiger partial charge < -0.3 is 31.1 Å². The van der Waals surface area contributed by atoms with Gasteiger partial charge in [-0.15, -0.1) is 0 Å². The number of urea groups is 1. The summed E-state index contributed by atoms with van der Waals surface area (Å²) in [5.41, 5.74) is 0.805. The van der Waals surface area contributed by atoms with Crippen molar-refractivity contribution in [1.29, 1.82) is 0 Å². The van der Waals surface area contributed by atoms with Crippen LogP contribution in [0.3, 0.4) is 0 Å². The summed E-state index contributed by atoms with van der Waals surface area (Å²) in [5.74, 6) is 0.705. The molecule has 2 aliphatic rings. The number of carboxylic acid groups (broad SMARTS) is 1. The van der Waals surface area contributed by atoms with Gasteiger partial charge in [0.25, 0.3) is 0 Å². The zero-order valence-corrected chi connectivity index (χ0v) is 31.7. The number of fused-ring (bicyclic) bond motifs is 1. The monoisotopic (exact) mass is 780 g/mol. The van der Waals surface area contributed by atoms with Crippen molar-refractivity contribution in [3.05, 3.63) is 59.8 Å². The number of carbonyl (C=O) groups excluding carboxylic acids is 2. The Hall–Kier alpha value is -5.65. The summed E-state index contributed by atoms with van der Waals surface area (Å²) in [6, 6.07) is 10.2. The van der Waals surface area contributed by atoms with E-state index in [0.717, 1.165) is 48.2 Å². The number of aromatic nitrogens is 4. The minimum atomic E-state index is -4.66. The first-order valence-corrected chi connectivity index (χ1v) is 18.5. The Morgan fingerprint density at radius 2 is 1.59 bits per heavy atom. The molecule has 0 spiro atoms. The Balaban J connectivity index is 1.03. The van der Waals surface area contributed by atoms with Gasteiger partial charge >= 0.3 is 24.4 Å². The number of alkyl halides is 3. The fourth-order valence-electron chi connectivity index (χ4n) is 7.09. The van der Waals surface area contributed by atoms with Crippen molar-refractivity contribution in [2.75, 3.05) is 29.0 Å². The maximum absolute atomic E-state index is 14.1. The Kier molecular flexibility index (Phi) is 11.9. The third kappa shape index (κ3) is 10.8. The van der Waals surface area contributed by atoms with E-state index in [4.69, 9.17) is 14.8 Å². The van der Waals surface area contributed by atoms with Gasteiger partial charge in [-0.3, -0.25) is 14.9 Å². The van der Waals surface area contributed by atoms with E-state index in [-0.39, 0.29) is 41.7 Å². The van der Waals surface area contributed by atoms with E-state index in [1.165, 1.54) is 12.1 Å². The fraction of sp³-hybridized carbons (Fsp3) is 0.474. The predicted octanol–water partition coefficient (Wildman–Crippen LogP) is 7.17. The number of ether oxygens (including phenoxy) is 1. The standard InChI is InChI=1S/C38H47F3N10O5/c1-37(2,3)56-36(55)46-26-10-8-25(9-11-26)43-33-42-20-24-17-22(6-12-30(24)47-33)31-19-32(49-50(31)4)48-34(52)44-28-7-5-23(29(18-28)38(39,40)41)21-51-15-13-27(14-16-51)45-35(53)54/h5-7,12,17-20,25-27,45H,8-11,13-16,21H2,1-4H3,(H,46,55)(H,53,54)(H,42,43,47)(H2,44,48,49,52)/t25-,26-. The van der Waals surface area contributed by atoms with Crippen molar-refractivity contribution in [2.45, 2.75) is 95.7 Å². The number of carbonyl (C=O) groups is 3. The second-order valence-electron chi connectivity index (χ2n) is 15.3. The maximum Gasteiger partial charge on any atom is 0.416 e. The topological polar surface area (TPSA) is 188 Å².